The van der Waals surface area contributed by atoms with Crippen LogP contribution in [0.5, 0.6) is 0 Å². The van der Waals surface area contributed by atoms with E-state index in [1.165, 1.54) is 22.8 Å². The average Bonchev–Trinajstić information content (AvgIpc) is 2.53. The molecule has 0 amide bonds. The SMILES string of the molecule is Cc1ccc(CNc2nccc3cc([N+](=O)[O-])ccc23)c(C)c1. The van der Waals surface area contributed by atoms with Crippen molar-refractivity contribution >= 4 is 22.3 Å². The summed E-state index contributed by atoms with van der Waals surface area (Å²) in [5, 5.41) is 15.9. The summed E-state index contributed by atoms with van der Waals surface area (Å²) in [7, 11) is 0. The van der Waals surface area contributed by atoms with Crippen LogP contribution in [0.25, 0.3) is 10.8 Å². The number of nitro groups is 1. The van der Waals surface area contributed by atoms with E-state index >= 15 is 0 Å². The quantitative estimate of drug-likeness (QED) is 0.574. The predicted molar refractivity (Wildman–Crippen MR) is 91.6 cm³/mol. The van der Waals surface area contributed by atoms with Crippen molar-refractivity contribution < 1.29 is 4.92 Å². The number of rotatable bonds is 4. The van der Waals surface area contributed by atoms with Crippen molar-refractivity contribution in [2.45, 2.75) is 20.4 Å². The largest absolute Gasteiger partial charge is 0.365 e. The van der Waals surface area contributed by atoms with Crippen LogP contribution in [0.4, 0.5) is 11.5 Å². The maximum absolute atomic E-state index is 10.9. The molecule has 0 unspecified atom stereocenters. The molecule has 0 atom stereocenters. The van der Waals surface area contributed by atoms with E-state index in [0.717, 1.165) is 16.6 Å². The fourth-order valence-corrected chi connectivity index (χ4v) is 2.64. The fourth-order valence-electron chi connectivity index (χ4n) is 2.64. The molecule has 2 aromatic carbocycles. The van der Waals surface area contributed by atoms with Gasteiger partial charge >= 0.3 is 0 Å². The maximum Gasteiger partial charge on any atom is 0.270 e. The Morgan fingerprint density at radius 1 is 1.13 bits per heavy atom. The second kappa shape index (κ2) is 6.04. The van der Waals surface area contributed by atoms with Gasteiger partial charge in [-0.3, -0.25) is 10.1 Å². The summed E-state index contributed by atoms with van der Waals surface area (Å²) in [5.74, 6) is 0.734. The molecule has 0 fully saturated rings. The number of pyridine rings is 1. The van der Waals surface area contributed by atoms with Crippen LogP contribution < -0.4 is 5.32 Å². The first-order valence-electron chi connectivity index (χ1n) is 7.38. The molecule has 3 rings (SSSR count). The lowest BCUT2D eigenvalue weighted by atomic mass is 10.1. The molecule has 0 aliphatic carbocycles. The van der Waals surface area contributed by atoms with Crippen molar-refractivity contribution in [3.8, 4) is 0 Å². The summed E-state index contributed by atoms with van der Waals surface area (Å²) < 4.78 is 0. The van der Waals surface area contributed by atoms with Crippen LogP contribution in [0.1, 0.15) is 16.7 Å². The lowest BCUT2D eigenvalue weighted by molar-refractivity contribution is -0.384. The van der Waals surface area contributed by atoms with Gasteiger partial charge in [-0.25, -0.2) is 4.98 Å². The van der Waals surface area contributed by atoms with E-state index < -0.39 is 0 Å². The molecule has 1 aromatic heterocycles. The molecule has 5 nitrogen and oxygen atoms in total. The third kappa shape index (κ3) is 3.13. The van der Waals surface area contributed by atoms with Gasteiger partial charge in [0.15, 0.2) is 0 Å². The summed E-state index contributed by atoms with van der Waals surface area (Å²) in [6.45, 7) is 4.82. The summed E-state index contributed by atoms with van der Waals surface area (Å²) in [6.07, 6.45) is 1.66. The van der Waals surface area contributed by atoms with Crippen molar-refractivity contribution in [2.24, 2.45) is 0 Å². The Hall–Kier alpha value is -2.95. The Bertz CT molecular complexity index is 891. The van der Waals surface area contributed by atoms with Gasteiger partial charge in [-0.2, -0.15) is 0 Å². The van der Waals surface area contributed by atoms with E-state index in [4.69, 9.17) is 0 Å². The second-order valence-corrected chi connectivity index (χ2v) is 5.61. The topological polar surface area (TPSA) is 68.1 Å². The molecule has 0 aliphatic heterocycles. The Morgan fingerprint density at radius 2 is 1.96 bits per heavy atom. The van der Waals surface area contributed by atoms with Crippen LogP contribution in [0.3, 0.4) is 0 Å². The monoisotopic (exact) mass is 307 g/mol. The van der Waals surface area contributed by atoms with Crippen LogP contribution in [-0.2, 0) is 6.54 Å². The zero-order valence-corrected chi connectivity index (χ0v) is 13.0. The van der Waals surface area contributed by atoms with Gasteiger partial charge in [-0.05, 0) is 42.5 Å². The fraction of sp³-hybridized carbons (Fsp3) is 0.167. The molecule has 1 heterocycles. The molecule has 1 N–H and O–H groups in total. The van der Waals surface area contributed by atoms with E-state index in [1.807, 2.05) is 0 Å². The second-order valence-electron chi connectivity index (χ2n) is 5.61. The first-order valence-corrected chi connectivity index (χ1v) is 7.38. The number of fused-ring (bicyclic) bond motifs is 1. The first-order chi connectivity index (χ1) is 11.0. The number of nitro benzene ring substituents is 1. The molecule has 3 aromatic rings. The van der Waals surface area contributed by atoms with Gasteiger partial charge in [0.25, 0.3) is 5.69 Å². The van der Waals surface area contributed by atoms with Crippen LogP contribution in [0.15, 0.2) is 48.7 Å². The van der Waals surface area contributed by atoms with E-state index in [-0.39, 0.29) is 10.6 Å². The van der Waals surface area contributed by atoms with Crippen LogP contribution in [-0.4, -0.2) is 9.91 Å². The Balaban J connectivity index is 1.89. The molecular weight excluding hydrogens is 290 g/mol. The lowest BCUT2D eigenvalue weighted by Crippen LogP contribution is -2.03. The molecular formula is C18H17N3O2. The van der Waals surface area contributed by atoms with E-state index in [1.54, 1.807) is 24.4 Å². The van der Waals surface area contributed by atoms with Gasteiger partial charge < -0.3 is 5.32 Å². The van der Waals surface area contributed by atoms with E-state index in [2.05, 4.69) is 42.3 Å². The highest BCUT2D eigenvalue weighted by Crippen LogP contribution is 2.25. The molecule has 116 valence electrons. The number of aryl methyl sites for hydroxylation is 2. The number of nitrogens with one attached hydrogen (secondary N) is 1. The number of aromatic nitrogens is 1. The number of hydrogen-bond donors (Lipinski definition) is 1. The average molecular weight is 307 g/mol. The molecule has 0 saturated heterocycles. The van der Waals surface area contributed by atoms with Gasteiger partial charge in [0.05, 0.1) is 4.92 Å². The molecule has 0 bridgehead atoms. The minimum Gasteiger partial charge on any atom is -0.365 e. The Labute approximate surface area is 134 Å². The Kier molecular flexibility index (Phi) is 3.93. The molecule has 0 aliphatic rings. The third-order valence-electron chi connectivity index (χ3n) is 3.90. The van der Waals surface area contributed by atoms with Crippen LogP contribution >= 0.6 is 0 Å². The standard InChI is InChI=1S/C18H17N3O2/c1-12-3-4-15(13(2)9-12)11-20-18-17-6-5-16(21(22)23)10-14(17)7-8-19-18/h3-10H,11H2,1-2H3,(H,19,20). The van der Waals surface area contributed by atoms with E-state index in [9.17, 15) is 10.1 Å². The minimum atomic E-state index is -0.386. The van der Waals surface area contributed by atoms with Crippen LogP contribution in [0, 0.1) is 24.0 Å². The lowest BCUT2D eigenvalue weighted by Gasteiger charge is -2.11. The number of nitrogens with zero attached hydrogens (tertiary/aromatic N) is 2. The molecule has 0 saturated carbocycles. The van der Waals surface area contributed by atoms with Gasteiger partial charge in [-0.15, -0.1) is 0 Å². The number of non-ortho nitro benzene ring substituents is 1. The summed E-state index contributed by atoms with van der Waals surface area (Å²) >= 11 is 0. The normalized spacial score (nSPS) is 10.7. The summed E-state index contributed by atoms with van der Waals surface area (Å²) in [4.78, 5) is 14.9. The maximum atomic E-state index is 10.9. The van der Waals surface area contributed by atoms with Crippen molar-refractivity contribution in [3.05, 3.63) is 75.5 Å². The van der Waals surface area contributed by atoms with Crippen molar-refractivity contribution in [1.29, 1.82) is 0 Å². The zero-order chi connectivity index (χ0) is 16.4. The number of anilines is 1. The van der Waals surface area contributed by atoms with Crippen molar-refractivity contribution in [3.63, 3.8) is 0 Å². The third-order valence-corrected chi connectivity index (χ3v) is 3.90. The van der Waals surface area contributed by atoms with Crippen LogP contribution in [0.2, 0.25) is 0 Å². The summed E-state index contributed by atoms with van der Waals surface area (Å²) in [5.41, 5.74) is 3.76. The molecule has 0 radical (unpaired) electrons. The first kappa shape index (κ1) is 15.0. The smallest absolute Gasteiger partial charge is 0.270 e. The van der Waals surface area contributed by atoms with Crippen molar-refractivity contribution in [2.75, 3.05) is 5.32 Å². The van der Waals surface area contributed by atoms with E-state index in [0.29, 0.717) is 6.54 Å². The molecule has 5 heteroatoms. The molecule has 23 heavy (non-hydrogen) atoms. The van der Waals surface area contributed by atoms with Gasteiger partial charge in [0, 0.05) is 30.3 Å². The van der Waals surface area contributed by atoms with Crippen molar-refractivity contribution in [1.82, 2.24) is 4.98 Å². The number of benzene rings is 2. The Morgan fingerprint density at radius 3 is 2.70 bits per heavy atom. The highest BCUT2D eigenvalue weighted by molar-refractivity contribution is 5.93. The van der Waals surface area contributed by atoms with Gasteiger partial charge in [-0.1, -0.05) is 23.8 Å². The highest BCUT2D eigenvalue weighted by atomic mass is 16.6. The molecule has 0 spiro atoms. The van der Waals surface area contributed by atoms with Gasteiger partial charge in [0.2, 0.25) is 0 Å². The highest BCUT2D eigenvalue weighted by Gasteiger charge is 2.09. The summed E-state index contributed by atoms with van der Waals surface area (Å²) in [6, 6.07) is 12.9. The zero-order valence-electron chi connectivity index (χ0n) is 13.0. The van der Waals surface area contributed by atoms with Gasteiger partial charge in [0.1, 0.15) is 5.82 Å². The number of hydrogen-bond acceptors (Lipinski definition) is 4. The minimum absolute atomic E-state index is 0.0871. The predicted octanol–water partition coefficient (Wildman–Crippen LogP) is 4.37.